The molecule has 80 valence electrons. The molecule has 0 spiro atoms. The average Bonchev–Trinajstić information content (AvgIpc) is 2.52. The zero-order valence-corrected chi connectivity index (χ0v) is 8.45. The molecule has 1 N–H and O–H groups in total. The van der Waals surface area contributed by atoms with Crippen LogP contribution in [0.5, 0.6) is 0 Å². The predicted octanol–water partition coefficient (Wildman–Crippen LogP) is -0.349. The fourth-order valence-electron chi connectivity index (χ4n) is 1.05. The molecule has 6 nitrogen and oxygen atoms in total. The topological polar surface area (TPSA) is 93.0 Å². The molecule has 0 bridgehead atoms. The van der Waals surface area contributed by atoms with E-state index in [1.54, 1.807) is 0 Å². The Morgan fingerprint density at radius 2 is 2.36 bits per heavy atom. The number of hydrogen-bond donors (Lipinski definition) is 1. The minimum Gasteiger partial charge on any atom is -0.477 e. The number of carboxylic acids is 1. The van der Waals surface area contributed by atoms with Gasteiger partial charge in [-0.1, -0.05) is 12.1 Å². The molecule has 0 radical (unpaired) electrons. The van der Waals surface area contributed by atoms with Crippen molar-refractivity contribution in [3.63, 3.8) is 0 Å². The van der Waals surface area contributed by atoms with Gasteiger partial charge in [0, 0.05) is 12.2 Å². The van der Waals surface area contributed by atoms with Crippen LogP contribution >= 0.6 is 0 Å². The number of carbonyl (C=O) groups is 1. The fraction of sp³-hybridized carbons (Fsp3) is 0.714. The largest absolute Gasteiger partial charge is 0.477 e. The Labute approximate surface area is 81.5 Å². The van der Waals surface area contributed by atoms with E-state index in [2.05, 4.69) is 5.16 Å². The van der Waals surface area contributed by atoms with Gasteiger partial charge in [0.15, 0.2) is 15.5 Å². The van der Waals surface area contributed by atoms with E-state index in [4.69, 9.17) is 9.94 Å². The third-order valence-electron chi connectivity index (χ3n) is 1.86. The van der Waals surface area contributed by atoms with Gasteiger partial charge in [-0.3, -0.25) is 0 Å². The zero-order chi connectivity index (χ0) is 10.8. The smallest absolute Gasteiger partial charge is 0.353 e. The van der Waals surface area contributed by atoms with Crippen LogP contribution < -0.4 is 0 Å². The molecule has 14 heavy (non-hydrogen) atoms. The SMILES string of the molecule is CCS(=O)(=O)C[C@@H]1CC(C(=O)O)=NO1. The van der Waals surface area contributed by atoms with Crippen LogP contribution in [0.25, 0.3) is 0 Å². The Balaban J connectivity index is 2.52. The van der Waals surface area contributed by atoms with E-state index in [0.717, 1.165) is 0 Å². The van der Waals surface area contributed by atoms with E-state index in [1.165, 1.54) is 6.92 Å². The molecular formula is C7H11NO5S. The highest BCUT2D eigenvalue weighted by Crippen LogP contribution is 2.13. The maximum Gasteiger partial charge on any atom is 0.353 e. The molecule has 1 aliphatic heterocycles. The zero-order valence-electron chi connectivity index (χ0n) is 7.63. The highest BCUT2D eigenvalue weighted by Gasteiger charge is 2.29. The first kappa shape index (κ1) is 11.0. The summed E-state index contributed by atoms with van der Waals surface area (Å²) in [5.41, 5.74) is -0.124. The van der Waals surface area contributed by atoms with Crippen molar-refractivity contribution in [2.75, 3.05) is 11.5 Å². The molecule has 1 aliphatic rings. The molecule has 0 unspecified atom stereocenters. The third kappa shape index (κ3) is 2.69. The van der Waals surface area contributed by atoms with Crippen LogP contribution in [0.15, 0.2) is 5.16 Å². The van der Waals surface area contributed by atoms with Crippen LogP contribution in [-0.2, 0) is 19.5 Å². The van der Waals surface area contributed by atoms with Crippen LogP contribution in [-0.4, -0.2) is 42.8 Å². The molecule has 1 atom stereocenters. The van der Waals surface area contributed by atoms with E-state index in [-0.39, 0.29) is 23.6 Å². The fourth-order valence-corrected chi connectivity index (χ4v) is 2.03. The van der Waals surface area contributed by atoms with E-state index < -0.39 is 21.9 Å². The molecule has 0 amide bonds. The van der Waals surface area contributed by atoms with Crippen LogP contribution in [0.1, 0.15) is 13.3 Å². The summed E-state index contributed by atoms with van der Waals surface area (Å²) in [7, 11) is -3.14. The van der Waals surface area contributed by atoms with Crippen LogP contribution in [0.4, 0.5) is 0 Å². The van der Waals surface area contributed by atoms with Gasteiger partial charge < -0.3 is 9.94 Å². The second kappa shape index (κ2) is 3.95. The molecule has 1 heterocycles. The van der Waals surface area contributed by atoms with Crippen LogP contribution in [0.3, 0.4) is 0 Å². The summed E-state index contributed by atoms with van der Waals surface area (Å²) >= 11 is 0. The molecule has 0 aromatic rings. The molecule has 0 aliphatic carbocycles. The number of aliphatic carboxylic acids is 1. The first-order chi connectivity index (χ1) is 6.44. The average molecular weight is 221 g/mol. The maximum atomic E-state index is 11.2. The van der Waals surface area contributed by atoms with Gasteiger partial charge in [0.05, 0.1) is 5.75 Å². The molecule has 1 rings (SSSR count). The van der Waals surface area contributed by atoms with Crippen molar-refractivity contribution < 1.29 is 23.2 Å². The van der Waals surface area contributed by atoms with Gasteiger partial charge in [-0.25, -0.2) is 13.2 Å². The second-order valence-corrected chi connectivity index (χ2v) is 5.37. The van der Waals surface area contributed by atoms with Gasteiger partial charge in [0.25, 0.3) is 0 Å². The third-order valence-corrected chi connectivity index (χ3v) is 3.62. The van der Waals surface area contributed by atoms with E-state index >= 15 is 0 Å². The van der Waals surface area contributed by atoms with Crippen molar-refractivity contribution in [2.45, 2.75) is 19.4 Å². The molecule has 0 saturated carbocycles. The van der Waals surface area contributed by atoms with Crippen LogP contribution in [0, 0.1) is 0 Å². The number of hydrogen-bond acceptors (Lipinski definition) is 5. The lowest BCUT2D eigenvalue weighted by Crippen LogP contribution is -2.23. The first-order valence-electron chi connectivity index (χ1n) is 4.11. The summed E-state index contributed by atoms with van der Waals surface area (Å²) in [6.45, 7) is 1.53. The van der Waals surface area contributed by atoms with Gasteiger partial charge in [-0.15, -0.1) is 0 Å². The molecule has 0 aromatic heterocycles. The summed E-state index contributed by atoms with van der Waals surface area (Å²) < 4.78 is 22.3. The Hall–Kier alpha value is -1.11. The number of carboxylic acid groups (broad SMARTS) is 1. The van der Waals surface area contributed by atoms with Crippen molar-refractivity contribution in [2.24, 2.45) is 5.16 Å². The summed E-state index contributed by atoms with van der Waals surface area (Å²) in [4.78, 5) is 15.1. The van der Waals surface area contributed by atoms with Crippen LogP contribution in [0.2, 0.25) is 0 Å². The Morgan fingerprint density at radius 3 is 2.79 bits per heavy atom. The van der Waals surface area contributed by atoms with E-state index in [9.17, 15) is 13.2 Å². The Kier molecular flexibility index (Phi) is 3.10. The van der Waals surface area contributed by atoms with Crippen molar-refractivity contribution in [3.05, 3.63) is 0 Å². The molecule has 0 aromatic carbocycles. The van der Waals surface area contributed by atoms with Crippen molar-refractivity contribution in [1.82, 2.24) is 0 Å². The van der Waals surface area contributed by atoms with Gasteiger partial charge in [-0.2, -0.15) is 0 Å². The standard InChI is InChI=1S/C7H11NO5S/c1-2-14(11,12)4-5-3-6(7(9)10)8-13-5/h5H,2-4H2,1H3,(H,9,10)/t5-/m0/s1. The maximum absolute atomic E-state index is 11.2. The van der Waals surface area contributed by atoms with Gasteiger partial charge in [-0.05, 0) is 0 Å². The summed E-state index contributed by atoms with van der Waals surface area (Å²) in [6.07, 6.45) is -0.597. The van der Waals surface area contributed by atoms with Gasteiger partial charge in [0.2, 0.25) is 0 Å². The second-order valence-electron chi connectivity index (χ2n) is 2.97. The normalized spacial score (nSPS) is 21.5. The van der Waals surface area contributed by atoms with E-state index in [1.807, 2.05) is 0 Å². The van der Waals surface area contributed by atoms with Gasteiger partial charge in [0.1, 0.15) is 6.10 Å². The van der Waals surface area contributed by atoms with Crippen molar-refractivity contribution in [3.8, 4) is 0 Å². The molecule has 0 fully saturated rings. The quantitative estimate of drug-likeness (QED) is 0.700. The summed E-state index contributed by atoms with van der Waals surface area (Å²) in [5, 5.41) is 11.8. The number of sulfone groups is 1. The summed E-state index contributed by atoms with van der Waals surface area (Å²) in [6, 6.07) is 0. The lowest BCUT2D eigenvalue weighted by molar-refractivity contribution is -0.129. The lowest BCUT2D eigenvalue weighted by atomic mass is 10.2. The summed E-state index contributed by atoms with van der Waals surface area (Å²) in [5.74, 6) is -1.32. The monoisotopic (exact) mass is 221 g/mol. The molecular weight excluding hydrogens is 210 g/mol. The van der Waals surface area contributed by atoms with E-state index in [0.29, 0.717) is 0 Å². The van der Waals surface area contributed by atoms with Crippen molar-refractivity contribution >= 4 is 21.5 Å². The molecule has 0 saturated heterocycles. The lowest BCUT2D eigenvalue weighted by Gasteiger charge is -2.06. The minimum atomic E-state index is -3.14. The highest BCUT2D eigenvalue weighted by molar-refractivity contribution is 7.91. The molecule has 7 heteroatoms. The Morgan fingerprint density at radius 1 is 1.71 bits per heavy atom. The number of nitrogens with zero attached hydrogens (tertiary/aromatic N) is 1. The number of rotatable bonds is 4. The number of oxime groups is 1. The minimum absolute atomic E-state index is 0.0231. The van der Waals surface area contributed by atoms with Gasteiger partial charge >= 0.3 is 5.97 Å². The Bertz CT molecular complexity index is 358. The first-order valence-corrected chi connectivity index (χ1v) is 5.93. The highest BCUT2D eigenvalue weighted by atomic mass is 32.2. The van der Waals surface area contributed by atoms with Crippen molar-refractivity contribution in [1.29, 1.82) is 0 Å². The predicted molar refractivity (Wildman–Crippen MR) is 48.9 cm³/mol.